The van der Waals surface area contributed by atoms with E-state index < -0.39 is 23.7 Å². The van der Waals surface area contributed by atoms with Crippen molar-refractivity contribution in [2.75, 3.05) is 18.5 Å². The van der Waals surface area contributed by atoms with Gasteiger partial charge in [0.15, 0.2) is 0 Å². The van der Waals surface area contributed by atoms with Gasteiger partial charge in [-0.1, -0.05) is 54.5 Å². The summed E-state index contributed by atoms with van der Waals surface area (Å²) in [5.41, 5.74) is 4.39. The average molecular weight is 456 g/mol. The number of rotatable bonds is 5. The number of ether oxygens (including phenoxy) is 1. The Morgan fingerprint density at radius 3 is 2.21 bits per heavy atom. The minimum absolute atomic E-state index is 0.0565. The molecule has 170 valence electrons. The fourth-order valence-corrected chi connectivity index (χ4v) is 3.84. The van der Waals surface area contributed by atoms with Gasteiger partial charge in [-0.05, 0) is 40.3 Å². The monoisotopic (exact) mass is 456 g/mol. The summed E-state index contributed by atoms with van der Waals surface area (Å²) in [6.07, 6.45) is -0.647. The number of phenols is 1. The number of amides is 2. The Morgan fingerprint density at radius 1 is 0.941 bits per heavy atom. The molecule has 2 amide bonds. The fraction of sp³-hybridized carbons (Fsp3) is 0.115. The van der Waals surface area contributed by atoms with Gasteiger partial charge in [0.2, 0.25) is 0 Å². The number of fused-ring (bicyclic) bond motifs is 3. The highest BCUT2D eigenvalue weighted by Gasteiger charge is 2.28. The van der Waals surface area contributed by atoms with Crippen LogP contribution in [0.25, 0.3) is 11.1 Å². The molecule has 0 spiro atoms. The number of aromatic hydroxyl groups is 1. The summed E-state index contributed by atoms with van der Waals surface area (Å²) in [4.78, 5) is 34.9. The molecule has 3 aromatic carbocycles. The Bertz CT molecular complexity index is 1290. The number of hydrogen-bond donors (Lipinski definition) is 4. The molecular weight excluding hydrogens is 436 g/mol. The van der Waals surface area contributed by atoms with Gasteiger partial charge < -0.3 is 25.6 Å². The smallest absolute Gasteiger partial charge is 0.407 e. The highest BCUT2D eigenvalue weighted by Crippen LogP contribution is 2.44. The molecule has 0 bridgehead atoms. The molecule has 0 unspecified atom stereocenters. The van der Waals surface area contributed by atoms with Crippen LogP contribution in [0.5, 0.6) is 5.75 Å². The average Bonchev–Trinajstić information content (AvgIpc) is 3.14. The zero-order chi connectivity index (χ0) is 24.1. The minimum atomic E-state index is -1.28. The second-order valence-corrected chi connectivity index (χ2v) is 7.47. The van der Waals surface area contributed by atoms with Crippen LogP contribution in [0, 0.1) is 11.8 Å². The van der Waals surface area contributed by atoms with Gasteiger partial charge in [-0.25, -0.2) is 9.59 Å². The normalized spacial score (nSPS) is 11.4. The number of aromatic carboxylic acids is 1. The quantitative estimate of drug-likeness (QED) is 0.435. The van der Waals surface area contributed by atoms with E-state index in [9.17, 15) is 19.5 Å². The summed E-state index contributed by atoms with van der Waals surface area (Å²) in [5, 5.41) is 23.4. The molecule has 0 radical (unpaired) electrons. The molecule has 34 heavy (non-hydrogen) atoms. The maximum absolute atomic E-state index is 12.1. The Kier molecular flexibility index (Phi) is 6.46. The topological polar surface area (TPSA) is 125 Å². The molecule has 0 aliphatic heterocycles. The lowest BCUT2D eigenvalue weighted by atomic mass is 9.98. The molecule has 0 aromatic heterocycles. The van der Waals surface area contributed by atoms with E-state index in [0.29, 0.717) is 0 Å². The van der Waals surface area contributed by atoms with Crippen LogP contribution in [-0.2, 0) is 9.53 Å². The standard InChI is InChI=1S/C26H20N2O6/c29-23-14-16(11-12-21(23)25(31)32)28-24(30)10-5-13-27-26(33)34-15-22-19-8-3-1-6-17(19)18-7-2-4-9-20(18)22/h1-4,6-9,11-12,14,22,29H,13,15H2,(H,27,33)(H,28,30)(H,31,32). The number of carbonyl (C=O) groups excluding carboxylic acids is 2. The predicted octanol–water partition coefficient (Wildman–Crippen LogP) is 3.57. The van der Waals surface area contributed by atoms with E-state index in [1.165, 1.54) is 12.1 Å². The second-order valence-electron chi connectivity index (χ2n) is 7.47. The van der Waals surface area contributed by atoms with E-state index in [1.54, 1.807) is 0 Å². The molecule has 1 aliphatic carbocycles. The van der Waals surface area contributed by atoms with Crippen molar-refractivity contribution < 1.29 is 29.3 Å². The SMILES string of the molecule is O=C(C#CCNC(=O)OCC1c2ccccc2-c2ccccc21)Nc1ccc(C(=O)O)c(O)c1. The summed E-state index contributed by atoms with van der Waals surface area (Å²) < 4.78 is 5.39. The zero-order valence-corrected chi connectivity index (χ0v) is 17.9. The molecule has 4 rings (SSSR count). The first-order chi connectivity index (χ1) is 16.4. The van der Waals surface area contributed by atoms with Gasteiger partial charge in [-0.2, -0.15) is 0 Å². The lowest BCUT2D eigenvalue weighted by Gasteiger charge is -2.14. The van der Waals surface area contributed by atoms with Crippen molar-refractivity contribution in [3.63, 3.8) is 0 Å². The molecule has 0 saturated heterocycles. The number of hydrogen-bond acceptors (Lipinski definition) is 5. The van der Waals surface area contributed by atoms with E-state index >= 15 is 0 Å². The number of alkyl carbamates (subject to hydrolysis) is 1. The maximum Gasteiger partial charge on any atom is 0.407 e. The van der Waals surface area contributed by atoms with Crippen LogP contribution in [0.1, 0.15) is 27.4 Å². The number of carbonyl (C=O) groups is 3. The van der Waals surface area contributed by atoms with Crippen molar-refractivity contribution in [2.24, 2.45) is 0 Å². The van der Waals surface area contributed by atoms with E-state index in [2.05, 4.69) is 34.6 Å². The van der Waals surface area contributed by atoms with Crippen molar-refractivity contribution in [3.8, 4) is 28.7 Å². The highest BCUT2D eigenvalue weighted by molar-refractivity contribution is 6.04. The molecule has 3 aromatic rings. The first kappa shape index (κ1) is 22.4. The summed E-state index contributed by atoms with van der Waals surface area (Å²) in [7, 11) is 0. The van der Waals surface area contributed by atoms with Crippen molar-refractivity contribution in [3.05, 3.63) is 83.4 Å². The lowest BCUT2D eigenvalue weighted by molar-refractivity contribution is -0.111. The van der Waals surface area contributed by atoms with Crippen molar-refractivity contribution in [1.29, 1.82) is 0 Å². The minimum Gasteiger partial charge on any atom is -0.507 e. The molecule has 0 saturated carbocycles. The van der Waals surface area contributed by atoms with Crippen molar-refractivity contribution in [1.82, 2.24) is 5.32 Å². The third kappa shape index (κ3) is 4.84. The number of benzene rings is 3. The van der Waals surface area contributed by atoms with Crippen molar-refractivity contribution >= 4 is 23.7 Å². The first-order valence-corrected chi connectivity index (χ1v) is 10.4. The number of anilines is 1. The molecule has 8 heteroatoms. The lowest BCUT2D eigenvalue weighted by Crippen LogP contribution is -2.26. The van der Waals surface area contributed by atoms with E-state index in [1.807, 2.05) is 36.4 Å². The van der Waals surface area contributed by atoms with Crippen LogP contribution in [0.3, 0.4) is 0 Å². The van der Waals surface area contributed by atoms with Crippen molar-refractivity contribution in [2.45, 2.75) is 5.92 Å². The molecule has 1 aliphatic rings. The Morgan fingerprint density at radius 2 is 1.59 bits per heavy atom. The van der Waals surface area contributed by atoms with Gasteiger partial charge in [-0.3, -0.25) is 4.79 Å². The van der Waals surface area contributed by atoms with Crippen LogP contribution in [0.15, 0.2) is 66.7 Å². The van der Waals surface area contributed by atoms with Gasteiger partial charge in [0.25, 0.3) is 5.91 Å². The highest BCUT2D eigenvalue weighted by atomic mass is 16.5. The first-order valence-electron chi connectivity index (χ1n) is 10.4. The van der Waals surface area contributed by atoms with Gasteiger partial charge in [0.05, 0.1) is 6.54 Å². The van der Waals surface area contributed by atoms with Gasteiger partial charge in [0.1, 0.15) is 17.9 Å². The summed E-state index contributed by atoms with van der Waals surface area (Å²) >= 11 is 0. The molecule has 0 atom stereocenters. The third-order valence-corrected chi connectivity index (χ3v) is 5.35. The Labute approximate surface area is 195 Å². The molecule has 0 heterocycles. The maximum atomic E-state index is 12.1. The van der Waals surface area contributed by atoms with Gasteiger partial charge in [0, 0.05) is 17.7 Å². The van der Waals surface area contributed by atoms with Crippen LogP contribution >= 0.6 is 0 Å². The van der Waals surface area contributed by atoms with Crippen LogP contribution in [0.4, 0.5) is 10.5 Å². The second kappa shape index (κ2) is 9.79. The van der Waals surface area contributed by atoms with E-state index in [4.69, 9.17) is 9.84 Å². The summed E-state index contributed by atoms with van der Waals surface area (Å²) in [6.45, 7) is 0.0664. The summed E-state index contributed by atoms with van der Waals surface area (Å²) in [5.74, 6) is 2.31. The fourth-order valence-electron chi connectivity index (χ4n) is 3.84. The number of nitrogens with one attached hydrogen (secondary N) is 2. The molecule has 8 nitrogen and oxygen atoms in total. The number of carboxylic acid groups (broad SMARTS) is 1. The van der Waals surface area contributed by atoms with Crippen LogP contribution in [0.2, 0.25) is 0 Å². The van der Waals surface area contributed by atoms with Crippen LogP contribution < -0.4 is 10.6 Å². The molecule has 4 N–H and O–H groups in total. The van der Waals surface area contributed by atoms with Gasteiger partial charge in [-0.15, -0.1) is 0 Å². The predicted molar refractivity (Wildman–Crippen MR) is 125 cm³/mol. The Balaban J connectivity index is 1.27. The zero-order valence-electron chi connectivity index (χ0n) is 17.9. The Hall–Kier alpha value is -4.77. The van der Waals surface area contributed by atoms with E-state index in [-0.39, 0.29) is 30.3 Å². The van der Waals surface area contributed by atoms with E-state index in [0.717, 1.165) is 28.3 Å². The molecule has 0 fully saturated rings. The summed E-state index contributed by atoms with van der Waals surface area (Å²) in [6, 6.07) is 19.6. The third-order valence-electron chi connectivity index (χ3n) is 5.35. The van der Waals surface area contributed by atoms with Crippen LogP contribution in [-0.4, -0.2) is 41.3 Å². The van der Waals surface area contributed by atoms with Gasteiger partial charge >= 0.3 is 12.1 Å². The molecular formula is C26H20N2O6. The number of carboxylic acids is 1. The largest absolute Gasteiger partial charge is 0.507 e.